The Kier molecular flexibility index (Phi) is 4.20. The van der Waals surface area contributed by atoms with Gasteiger partial charge >= 0.3 is 0 Å². The van der Waals surface area contributed by atoms with Gasteiger partial charge in [0.05, 0.1) is 13.2 Å². The van der Waals surface area contributed by atoms with Gasteiger partial charge in [-0.1, -0.05) is 12.1 Å². The van der Waals surface area contributed by atoms with Crippen LogP contribution >= 0.6 is 0 Å². The number of nitrogens with zero attached hydrogens (tertiary/aromatic N) is 4. The lowest BCUT2D eigenvalue weighted by Gasteiger charge is -2.27. The van der Waals surface area contributed by atoms with E-state index >= 15 is 0 Å². The Morgan fingerprint density at radius 1 is 1.05 bits per heavy atom. The van der Waals surface area contributed by atoms with Gasteiger partial charge in [-0.25, -0.2) is 0 Å². The van der Waals surface area contributed by atoms with Crippen molar-refractivity contribution in [2.75, 3.05) is 36.5 Å². The Labute approximate surface area is 130 Å². The van der Waals surface area contributed by atoms with E-state index < -0.39 is 0 Å². The molecule has 6 heteroatoms. The van der Waals surface area contributed by atoms with Crippen molar-refractivity contribution in [1.29, 1.82) is 0 Å². The molecule has 116 valence electrons. The number of hydrogen-bond acceptors (Lipinski definition) is 6. The predicted molar refractivity (Wildman–Crippen MR) is 86.8 cm³/mol. The molecule has 1 aromatic heterocycles. The van der Waals surface area contributed by atoms with E-state index in [0.717, 1.165) is 24.3 Å². The van der Waals surface area contributed by atoms with Crippen molar-refractivity contribution in [3.63, 3.8) is 0 Å². The normalized spacial score (nSPS) is 15.0. The number of nitrogens with one attached hydrogen (secondary N) is 1. The van der Waals surface area contributed by atoms with Crippen molar-refractivity contribution < 1.29 is 4.74 Å². The van der Waals surface area contributed by atoms with Crippen LogP contribution in [-0.2, 0) is 4.74 Å². The number of morpholine rings is 1. The summed E-state index contributed by atoms with van der Waals surface area (Å²) in [5, 5.41) is 3.31. The van der Waals surface area contributed by atoms with E-state index in [1.165, 1.54) is 5.56 Å². The average molecular weight is 299 g/mol. The molecule has 22 heavy (non-hydrogen) atoms. The highest BCUT2D eigenvalue weighted by atomic mass is 16.5. The first-order chi connectivity index (χ1) is 10.6. The third-order valence-electron chi connectivity index (χ3n) is 3.67. The fourth-order valence-corrected chi connectivity index (χ4v) is 2.42. The van der Waals surface area contributed by atoms with Crippen molar-refractivity contribution in [1.82, 2.24) is 15.0 Å². The Morgan fingerprint density at radius 2 is 1.82 bits per heavy atom. The lowest BCUT2D eigenvalue weighted by atomic mass is 10.1. The average Bonchev–Trinajstić information content (AvgIpc) is 2.51. The van der Waals surface area contributed by atoms with E-state index in [4.69, 9.17) is 4.74 Å². The lowest BCUT2D eigenvalue weighted by molar-refractivity contribution is 0.122. The maximum Gasteiger partial charge on any atom is 0.232 e. The quantitative estimate of drug-likeness (QED) is 0.939. The SMILES string of the molecule is Cc1ccc(C)c(Nc2nc(C)nc(N3CCOCC3)n2)c1. The molecule has 2 heterocycles. The van der Waals surface area contributed by atoms with E-state index in [1.807, 2.05) is 6.92 Å². The molecule has 0 unspecified atom stereocenters. The number of benzene rings is 1. The first kappa shape index (κ1) is 14.7. The summed E-state index contributed by atoms with van der Waals surface area (Å²) in [6, 6.07) is 6.29. The highest BCUT2D eigenvalue weighted by Gasteiger charge is 2.15. The molecule has 1 aliphatic heterocycles. The van der Waals surface area contributed by atoms with Crippen LogP contribution in [0, 0.1) is 20.8 Å². The molecule has 1 aliphatic rings. The monoisotopic (exact) mass is 299 g/mol. The zero-order chi connectivity index (χ0) is 15.5. The zero-order valence-electron chi connectivity index (χ0n) is 13.3. The van der Waals surface area contributed by atoms with Crippen LogP contribution < -0.4 is 10.2 Å². The lowest BCUT2D eigenvalue weighted by Crippen LogP contribution is -2.37. The van der Waals surface area contributed by atoms with Gasteiger partial charge in [0.25, 0.3) is 0 Å². The van der Waals surface area contributed by atoms with Crippen molar-refractivity contribution in [2.45, 2.75) is 20.8 Å². The summed E-state index contributed by atoms with van der Waals surface area (Å²) in [7, 11) is 0. The number of rotatable bonds is 3. The van der Waals surface area contributed by atoms with Crippen molar-refractivity contribution in [3.05, 3.63) is 35.2 Å². The van der Waals surface area contributed by atoms with Gasteiger partial charge in [0.1, 0.15) is 5.82 Å². The Hall–Kier alpha value is -2.21. The molecule has 1 N–H and O–H groups in total. The van der Waals surface area contributed by atoms with Crippen LogP contribution in [0.1, 0.15) is 17.0 Å². The number of anilines is 3. The summed E-state index contributed by atoms with van der Waals surface area (Å²) in [4.78, 5) is 15.5. The predicted octanol–water partition coefficient (Wildman–Crippen LogP) is 2.38. The molecular formula is C16H21N5O. The number of aromatic nitrogens is 3. The largest absolute Gasteiger partial charge is 0.378 e. The van der Waals surface area contributed by atoms with Gasteiger partial charge < -0.3 is 15.0 Å². The second-order valence-electron chi connectivity index (χ2n) is 5.55. The number of hydrogen-bond donors (Lipinski definition) is 1. The van der Waals surface area contributed by atoms with E-state index in [9.17, 15) is 0 Å². The fourth-order valence-electron chi connectivity index (χ4n) is 2.42. The summed E-state index contributed by atoms with van der Waals surface area (Å²) in [5.74, 6) is 2.01. The maximum atomic E-state index is 5.38. The number of ether oxygens (including phenoxy) is 1. The van der Waals surface area contributed by atoms with Crippen molar-refractivity contribution in [2.24, 2.45) is 0 Å². The molecule has 0 atom stereocenters. The van der Waals surface area contributed by atoms with Gasteiger partial charge in [-0.3, -0.25) is 0 Å². The summed E-state index contributed by atoms with van der Waals surface area (Å²) in [6.07, 6.45) is 0. The molecule has 2 aromatic rings. The van der Waals surface area contributed by atoms with Crippen LogP contribution in [0.3, 0.4) is 0 Å². The minimum atomic E-state index is 0.586. The summed E-state index contributed by atoms with van der Waals surface area (Å²) >= 11 is 0. The molecular weight excluding hydrogens is 278 g/mol. The molecule has 6 nitrogen and oxygen atoms in total. The molecule has 0 bridgehead atoms. The third-order valence-corrected chi connectivity index (χ3v) is 3.67. The highest BCUT2D eigenvalue weighted by Crippen LogP contribution is 2.21. The van der Waals surface area contributed by atoms with Crippen LogP contribution in [0.25, 0.3) is 0 Å². The molecule has 0 spiro atoms. The molecule has 0 radical (unpaired) electrons. The van der Waals surface area contributed by atoms with Crippen LogP contribution in [0.5, 0.6) is 0 Å². The molecule has 3 rings (SSSR count). The topological polar surface area (TPSA) is 63.2 Å². The van der Waals surface area contributed by atoms with Crippen molar-refractivity contribution in [3.8, 4) is 0 Å². The minimum absolute atomic E-state index is 0.586. The first-order valence-electron chi connectivity index (χ1n) is 7.51. The second-order valence-corrected chi connectivity index (χ2v) is 5.55. The molecule has 1 saturated heterocycles. The Morgan fingerprint density at radius 3 is 2.59 bits per heavy atom. The smallest absolute Gasteiger partial charge is 0.232 e. The van der Waals surface area contributed by atoms with Gasteiger partial charge in [-0.2, -0.15) is 15.0 Å². The van der Waals surface area contributed by atoms with E-state index in [2.05, 4.69) is 57.2 Å². The van der Waals surface area contributed by atoms with Gasteiger partial charge in [-0.05, 0) is 38.0 Å². The fraction of sp³-hybridized carbons (Fsp3) is 0.438. The standard InChI is InChI=1S/C16H21N5O/c1-11-4-5-12(2)14(10-11)19-15-17-13(3)18-16(20-15)21-6-8-22-9-7-21/h4-5,10H,6-9H2,1-3H3,(H,17,18,19,20). The zero-order valence-corrected chi connectivity index (χ0v) is 13.3. The van der Waals surface area contributed by atoms with Gasteiger partial charge in [0.2, 0.25) is 11.9 Å². The molecule has 0 amide bonds. The Balaban J connectivity index is 1.87. The van der Waals surface area contributed by atoms with Gasteiger partial charge in [0.15, 0.2) is 0 Å². The van der Waals surface area contributed by atoms with E-state index in [0.29, 0.717) is 30.9 Å². The summed E-state index contributed by atoms with van der Waals surface area (Å²) in [5.41, 5.74) is 3.39. The Bertz CT molecular complexity index is 668. The van der Waals surface area contributed by atoms with Crippen LogP contribution in [-0.4, -0.2) is 41.3 Å². The van der Waals surface area contributed by atoms with Crippen LogP contribution in [0.2, 0.25) is 0 Å². The van der Waals surface area contributed by atoms with E-state index in [-0.39, 0.29) is 0 Å². The summed E-state index contributed by atoms with van der Waals surface area (Å²) < 4.78 is 5.38. The van der Waals surface area contributed by atoms with Gasteiger partial charge in [0, 0.05) is 18.8 Å². The first-order valence-corrected chi connectivity index (χ1v) is 7.51. The third kappa shape index (κ3) is 3.33. The second kappa shape index (κ2) is 6.27. The van der Waals surface area contributed by atoms with E-state index in [1.54, 1.807) is 0 Å². The van der Waals surface area contributed by atoms with Crippen LogP contribution in [0.15, 0.2) is 18.2 Å². The molecule has 0 saturated carbocycles. The number of aryl methyl sites for hydroxylation is 3. The maximum absolute atomic E-state index is 5.38. The molecule has 1 fully saturated rings. The van der Waals surface area contributed by atoms with Crippen LogP contribution in [0.4, 0.5) is 17.6 Å². The highest BCUT2D eigenvalue weighted by molar-refractivity contribution is 5.60. The molecule has 1 aromatic carbocycles. The summed E-state index contributed by atoms with van der Waals surface area (Å²) in [6.45, 7) is 9.08. The van der Waals surface area contributed by atoms with Gasteiger partial charge in [-0.15, -0.1) is 0 Å². The molecule has 0 aliphatic carbocycles. The van der Waals surface area contributed by atoms with Crippen molar-refractivity contribution >= 4 is 17.6 Å². The minimum Gasteiger partial charge on any atom is -0.378 e.